The van der Waals surface area contributed by atoms with Gasteiger partial charge in [-0.3, -0.25) is 9.78 Å². The first-order valence-electron chi connectivity index (χ1n) is 12.8. The number of hydrogen-bond acceptors (Lipinski definition) is 6. The van der Waals surface area contributed by atoms with Crippen LogP contribution in [0.1, 0.15) is 46.0 Å². The highest BCUT2D eigenvalue weighted by Crippen LogP contribution is 2.36. The number of ether oxygens (including phenoxy) is 1. The van der Waals surface area contributed by atoms with Gasteiger partial charge in [-0.05, 0) is 43.5 Å². The number of nitrogens with zero attached hydrogens (tertiary/aromatic N) is 3. The molecule has 0 bridgehead atoms. The number of pyridine rings is 1. The second kappa shape index (κ2) is 11.3. The van der Waals surface area contributed by atoms with Crippen LogP contribution in [0.4, 0.5) is 0 Å². The highest BCUT2D eigenvalue weighted by atomic mass is 32.2. The second-order valence-corrected chi connectivity index (χ2v) is 12.1. The lowest BCUT2D eigenvalue weighted by atomic mass is 9.88. The molecule has 1 aliphatic heterocycles. The Kier molecular flexibility index (Phi) is 8.32. The summed E-state index contributed by atoms with van der Waals surface area (Å²) in [6, 6.07) is 8.18. The van der Waals surface area contributed by atoms with Gasteiger partial charge in [0.25, 0.3) is 0 Å². The normalized spacial score (nSPS) is 23.6. The Hall–Kier alpha value is -2.49. The quantitative estimate of drug-likeness (QED) is 0.632. The van der Waals surface area contributed by atoms with Crippen LogP contribution in [-0.4, -0.2) is 72.5 Å². The number of aromatic nitrogens is 1. The van der Waals surface area contributed by atoms with Crippen LogP contribution in [-0.2, 0) is 14.8 Å². The van der Waals surface area contributed by atoms with E-state index in [1.807, 2.05) is 26.1 Å². The number of carbonyl (C=O) groups is 1. The molecule has 3 atom stereocenters. The summed E-state index contributed by atoms with van der Waals surface area (Å²) in [6.45, 7) is 3.88. The fraction of sp³-hybridized carbons (Fsp3) is 0.556. The van der Waals surface area contributed by atoms with Crippen LogP contribution in [0, 0.1) is 11.8 Å². The van der Waals surface area contributed by atoms with Crippen molar-refractivity contribution in [3.05, 3.63) is 42.7 Å². The summed E-state index contributed by atoms with van der Waals surface area (Å²) in [5.41, 5.74) is 1.63. The van der Waals surface area contributed by atoms with Crippen molar-refractivity contribution in [2.24, 2.45) is 11.8 Å². The lowest BCUT2D eigenvalue weighted by Gasteiger charge is -2.38. The molecule has 2 aliphatic rings. The molecule has 1 saturated carbocycles. The number of amides is 1. The Morgan fingerprint density at radius 2 is 1.97 bits per heavy atom. The van der Waals surface area contributed by atoms with Crippen LogP contribution in [0.15, 0.2) is 47.6 Å². The molecular formula is C27H37N3O5S. The number of benzene rings is 1. The number of aliphatic hydroxyl groups is 1. The Morgan fingerprint density at radius 1 is 1.22 bits per heavy atom. The van der Waals surface area contributed by atoms with Gasteiger partial charge in [0.15, 0.2) is 0 Å². The van der Waals surface area contributed by atoms with Gasteiger partial charge >= 0.3 is 0 Å². The molecule has 1 N–H and O–H groups in total. The summed E-state index contributed by atoms with van der Waals surface area (Å²) in [6.07, 6.45) is 8.16. The van der Waals surface area contributed by atoms with Crippen molar-refractivity contribution < 1.29 is 23.1 Å². The average molecular weight is 516 g/mol. The molecular weight excluding hydrogens is 478 g/mol. The Morgan fingerprint density at radius 3 is 2.64 bits per heavy atom. The number of carbonyl (C=O) groups excluding carboxylic acids is 1. The summed E-state index contributed by atoms with van der Waals surface area (Å²) in [5, 5.41) is 9.84. The predicted molar refractivity (Wildman–Crippen MR) is 138 cm³/mol. The zero-order valence-electron chi connectivity index (χ0n) is 21.3. The molecule has 0 radical (unpaired) electrons. The third kappa shape index (κ3) is 5.58. The summed E-state index contributed by atoms with van der Waals surface area (Å²) in [5.74, 6) is 0.209. The van der Waals surface area contributed by atoms with Crippen LogP contribution in [0.3, 0.4) is 0 Å². The standard InChI is InChI=1S/C27H37N3O5S/c1-19-16-30(20(2)18-31)36(33,34)26-12-11-22(23-10-7-13-28-15-23)14-24(26)35-25(19)17-29(3)27(32)21-8-5-4-6-9-21/h7,10-15,19-21,25,31H,4-6,8-9,16-18H2,1-3H3/t19-,20+,25-/m0/s1. The Bertz CT molecular complexity index is 1150. The number of rotatable bonds is 6. The highest BCUT2D eigenvalue weighted by Gasteiger charge is 2.39. The molecule has 1 fully saturated rings. The van der Waals surface area contributed by atoms with E-state index in [4.69, 9.17) is 4.74 Å². The van der Waals surface area contributed by atoms with Gasteiger partial charge in [-0.1, -0.05) is 38.3 Å². The van der Waals surface area contributed by atoms with Gasteiger partial charge in [0.2, 0.25) is 15.9 Å². The second-order valence-electron chi connectivity index (χ2n) is 10.2. The highest BCUT2D eigenvalue weighted by molar-refractivity contribution is 7.89. The Balaban J connectivity index is 1.70. The lowest BCUT2D eigenvalue weighted by Crippen LogP contribution is -2.50. The SMILES string of the molecule is C[C@H](CO)N1C[C@H](C)[C@H](CN(C)C(=O)C2CCCCC2)Oc2cc(-c3cccnc3)ccc2S1(=O)=O. The van der Waals surface area contributed by atoms with Crippen LogP contribution >= 0.6 is 0 Å². The average Bonchev–Trinajstić information content (AvgIpc) is 2.90. The van der Waals surface area contributed by atoms with Crippen LogP contribution in [0.25, 0.3) is 11.1 Å². The zero-order chi connectivity index (χ0) is 25.9. The molecule has 0 saturated heterocycles. The van der Waals surface area contributed by atoms with E-state index in [-0.39, 0.29) is 41.5 Å². The van der Waals surface area contributed by atoms with Crippen molar-refractivity contribution in [1.82, 2.24) is 14.2 Å². The molecule has 8 nitrogen and oxygen atoms in total. The van der Waals surface area contributed by atoms with E-state index in [1.54, 1.807) is 42.4 Å². The number of likely N-dealkylation sites (N-methyl/N-ethyl adjacent to an activating group) is 1. The Labute approximate surface area is 214 Å². The summed E-state index contributed by atoms with van der Waals surface area (Å²) >= 11 is 0. The third-order valence-electron chi connectivity index (χ3n) is 7.45. The first-order chi connectivity index (χ1) is 17.2. The van der Waals surface area contributed by atoms with E-state index in [1.165, 1.54) is 10.7 Å². The maximum absolute atomic E-state index is 13.7. The minimum Gasteiger partial charge on any atom is -0.487 e. The van der Waals surface area contributed by atoms with Gasteiger partial charge in [0.1, 0.15) is 16.7 Å². The van der Waals surface area contributed by atoms with Crippen molar-refractivity contribution in [2.75, 3.05) is 26.7 Å². The first-order valence-corrected chi connectivity index (χ1v) is 14.2. The molecule has 1 aliphatic carbocycles. The molecule has 1 aromatic carbocycles. The third-order valence-corrected chi connectivity index (χ3v) is 9.47. The molecule has 1 aromatic heterocycles. The molecule has 2 aromatic rings. The predicted octanol–water partition coefficient (Wildman–Crippen LogP) is 3.56. The number of hydrogen-bond donors (Lipinski definition) is 1. The van der Waals surface area contributed by atoms with Gasteiger partial charge in [0.05, 0.1) is 13.2 Å². The largest absolute Gasteiger partial charge is 0.487 e. The molecule has 0 unspecified atom stereocenters. The van der Waals surface area contributed by atoms with E-state index >= 15 is 0 Å². The maximum Gasteiger partial charge on any atom is 0.247 e. The maximum atomic E-state index is 13.7. The number of aliphatic hydroxyl groups excluding tert-OH is 1. The molecule has 196 valence electrons. The van der Waals surface area contributed by atoms with Gasteiger partial charge in [-0.15, -0.1) is 0 Å². The first kappa shape index (κ1) is 26.6. The van der Waals surface area contributed by atoms with Crippen molar-refractivity contribution in [2.45, 2.75) is 63.0 Å². The van der Waals surface area contributed by atoms with Crippen molar-refractivity contribution in [3.8, 4) is 16.9 Å². The minimum absolute atomic E-state index is 0.0448. The van der Waals surface area contributed by atoms with Crippen LogP contribution in [0.2, 0.25) is 0 Å². The topological polar surface area (TPSA) is 100 Å². The summed E-state index contributed by atoms with van der Waals surface area (Å²) < 4.78 is 35.1. The smallest absolute Gasteiger partial charge is 0.247 e. The van der Waals surface area contributed by atoms with Gasteiger partial charge < -0.3 is 14.7 Å². The molecule has 4 rings (SSSR count). The monoisotopic (exact) mass is 515 g/mol. The minimum atomic E-state index is -3.92. The molecule has 9 heteroatoms. The van der Waals surface area contributed by atoms with Gasteiger partial charge in [-0.25, -0.2) is 8.42 Å². The summed E-state index contributed by atoms with van der Waals surface area (Å²) in [4.78, 5) is 19.1. The van der Waals surface area contributed by atoms with Crippen molar-refractivity contribution in [3.63, 3.8) is 0 Å². The molecule has 0 spiro atoms. The van der Waals surface area contributed by atoms with E-state index in [0.29, 0.717) is 6.54 Å². The fourth-order valence-electron chi connectivity index (χ4n) is 5.18. The van der Waals surface area contributed by atoms with E-state index < -0.39 is 22.2 Å². The van der Waals surface area contributed by atoms with E-state index in [0.717, 1.165) is 36.8 Å². The van der Waals surface area contributed by atoms with Crippen LogP contribution < -0.4 is 4.74 Å². The van der Waals surface area contributed by atoms with Crippen molar-refractivity contribution >= 4 is 15.9 Å². The number of fused-ring (bicyclic) bond motifs is 1. The zero-order valence-corrected chi connectivity index (χ0v) is 22.2. The lowest BCUT2D eigenvalue weighted by molar-refractivity contribution is -0.136. The molecule has 2 heterocycles. The summed E-state index contributed by atoms with van der Waals surface area (Å²) in [7, 11) is -2.11. The van der Waals surface area contributed by atoms with E-state index in [9.17, 15) is 18.3 Å². The van der Waals surface area contributed by atoms with Crippen molar-refractivity contribution in [1.29, 1.82) is 0 Å². The number of sulfonamides is 1. The fourth-order valence-corrected chi connectivity index (χ4v) is 7.00. The van der Waals surface area contributed by atoms with Gasteiger partial charge in [-0.2, -0.15) is 4.31 Å². The van der Waals surface area contributed by atoms with Crippen LogP contribution in [0.5, 0.6) is 5.75 Å². The van der Waals surface area contributed by atoms with Gasteiger partial charge in [0, 0.05) is 49.4 Å². The van der Waals surface area contributed by atoms with E-state index in [2.05, 4.69) is 4.98 Å². The molecule has 1 amide bonds. The molecule has 36 heavy (non-hydrogen) atoms.